The van der Waals surface area contributed by atoms with E-state index in [2.05, 4.69) is 5.32 Å². The molecule has 0 amide bonds. The zero-order valence-electron chi connectivity index (χ0n) is 11.8. The number of fused-ring (bicyclic) bond motifs is 1. The van der Waals surface area contributed by atoms with Crippen LogP contribution in [0.25, 0.3) is 0 Å². The van der Waals surface area contributed by atoms with Gasteiger partial charge in [0.05, 0.1) is 25.4 Å². The summed E-state index contributed by atoms with van der Waals surface area (Å²) < 4.78 is 11.7. The minimum Gasteiger partial charge on any atom is -0.508 e. The van der Waals surface area contributed by atoms with Crippen LogP contribution in [-0.4, -0.2) is 36.6 Å². The maximum Gasteiger partial charge on any atom is 0.120 e. The molecule has 3 rings (SSSR count). The summed E-state index contributed by atoms with van der Waals surface area (Å²) in [4.78, 5) is 0. The Morgan fingerprint density at radius 2 is 1.90 bits per heavy atom. The third-order valence-electron chi connectivity index (χ3n) is 4.29. The predicted molar refractivity (Wildman–Crippen MR) is 76.7 cm³/mol. The first kappa shape index (κ1) is 13.9. The van der Waals surface area contributed by atoms with E-state index in [1.165, 1.54) is 6.42 Å². The standard InChI is InChI=1S/C16H23NO3/c18-14-6-2-1-4-12(14)11-17-13-5-3-7-15-16(10-13)20-9-8-19-15/h1-2,4,6,13,15-18H,3,5,7-11H2. The number of phenolic OH excluding ortho intramolecular Hbond substituents is 1. The van der Waals surface area contributed by atoms with Crippen molar-refractivity contribution in [1.29, 1.82) is 0 Å². The zero-order chi connectivity index (χ0) is 13.8. The van der Waals surface area contributed by atoms with E-state index in [0.717, 1.165) is 31.4 Å². The van der Waals surface area contributed by atoms with E-state index in [-0.39, 0.29) is 12.2 Å². The fourth-order valence-electron chi connectivity index (χ4n) is 3.17. The molecular formula is C16H23NO3. The van der Waals surface area contributed by atoms with Crippen molar-refractivity contribution in [3.63, 3.8) is 0 Å². The lowest BCUT2D eigenvalue weighted by molar-refractivity contribution is -0.142. The molecule has 2 N–H and O–H groups in total. The van der Waals surface area contributed by atoms with E-state index in [1.807, 2.05) is 18.2 Å². The van der Waals surface area contributed by atoms with Gasteiger partial charge >= 0.3 is 0 Å². The molecule has 1 saturated heterocycles. The van der Waals surface area contributed by atoms with Crippen LogP contribution < -0.4 is 5.32 Å². The van der Waals surface area contributed by atoms with Crippen LogP contribution >= 0.6 is 0 Å². The van der Waals surface area contributed by atoms with Crippen LogP contribution in [0.5, 0.6) is 5.75 Å². The molecule has 1 saturated carbocycles. The number of aromatic hydroxyl groups is 1. The van der Waals surface area contributed by atoms with E-state index in [0.29, 0.717) is 24.9 Å². The minimum absolute atomic E-state index is 0.230. The van der Waals surface area contributed by atoms with Gasteiger partial charge in [-0.3, -0.25) is 0 Å². The molecule has 2 aliphatic rings. The smallest absolute Gasteiger partial charge is 0.120 e. The van der Waals surface area contributed by atoms with Crippen LogP contribution in [0.15, 0.2) is 24.3 Å². The van der Waals surface area contributed by atoms with Gasteiger partial charge < -0.3 is 19.9 Å². The highest BCUT2D eigenvalue weighted by molar-refractivity contribution is 5.31. The Morgan fingerprint density at radius 1 is 1.10 bits per heavy atom. The van der Waals surface area contributed by atoms with Crippen molar-refractivity contribution in [2.45, 2.75) is 50.5 Å². The summed E-state index contributed by atoms with van der Waals surface area (Å²) in [5.74, 6) is 0.365. The molecule has 1 aromatic rings. The van der Waals surface area contributed by atoms with Crippen LogP contribution in [0, 0.1) is 0 Å². The normalized spacial score (nSPS) is 30.5. The molecule has 4 nitrogen and oxygen atoms in total. The molecule has 0 aromatic heterocycles. The predicted octanol–water partition coefficient (Wildman–Crippen LogP) is 2.21. The molecule has 110 valence electrons. The summed E-state index contributed by atoms with van der Waals surface area (Å²) in [6.07, 6.45) is 4.92. The summed E-state index contributed by atoms with van der Waals surface area (Å²) >= 11 is 0. The largest absolute Gasteiger partial charge is 0.508 e. The Kier molecular flexibility index (Phi) is 4.55. The minimum atomic E-state index is 0.230. The summed E-state index contributed by atoms with van der Waals surface area (Å²) in [5, 5.41) is 13.4. The van der Waals surface area contributed by atoms with Crippen molar-refractivity contribution in [3.05, 3.63) is 29.8 Å². The average Bonchev–Trinajstić information content (AvgIpc) is 2.68. The molecule has 2 fully saturated rings. The second-order valence-electron chi connectivity index (χ2n) is 5.69. The highest BCUT2D eigenvalue weighted by Gasteiger charge is 2.31. The van der Waals surface area contributed by atoms with E-state index >= 15 is 0 Å². The zero-order valence-corrected chi connectivity index (χ0v) is 11.8. The fourth-order valence-corrected chi connectivity index (χ4v) is 3.17. The maximum atomic E-state index is 9.80. The third-order valence-corrected chi connectivity index (χ3v) is 4.29. The lowest BCUT2D eigenvalue weighted by atomic mass is 10.1. The van der Waals surface area contributed by atoms with Crippen molar-refractivity contribution in [3.8, 4) is 5.75 Å². The van der Waals surface area contributed by atoms with E-state index < -0.39 is 0 Å². The monoisotopic (exact) mass is 277 g/mol. The molecule has 0 bridgehead atoms. The van der Waals surface area contributed by atoms with Gasteiger partial charge in [-0.25, -0.2) is 0 Å². The van der Waals surface area contributed by atoms with Crippen molar-refractivity contribution >= 4 is 0 Å². The topological polar surface area (TPSA) is 50.7 Å². The molecule has 0 radical (unpaired) electrons. The molecular weight excluding hydrogens is 254 g/mol. The van der Waals surface area contributed by atoms with Gasteiger partial charge in [-0.2, -0.15) is 0 Å². The van der Waals surface area contributed by atoms with Crippen LogP contribution in [-0.2, 0) is 16.0 Å². The second-order valence-corrected chi connectivity index (χ2v) is 5.69. The molecule has 0 spiro atoms. The average molecular weight is 277 g/mol. The molecule has 1 aliphatic heterocycles. The second kappa shape index (κ2) is 6.57. The maximum absolute atomic E-state index is 9.80. The number of para-hydroxylation sites is 1. The molecule has 3 atom stereocenters. The number of nitrogens with one attached hydrogen (secondary N) is 1. The summed E-state index contributed by atoms with van der Waals surface area (Å²) in [5.41, 5.74) is 0.953. The Labute approximate surface area is 120 Å². The van der Waals surface area contributed by atoms with Gasteiger partial charge in [0.2, 0.25) is 0 Å². The molecule has 1 aromatic carbocycles. The van der Waals surface area contributed by atoms with Crippen LogP contribution in [0.3, 0.4) is 0 Å². The first-order valence-electron chi connectivity index (χ1n) is 7.56. The van der Waals surface area contributed by atoms with Gasteiger partial charge in [0.1, 0.15) is 5.75 Å². The highest BCUT2D eigenvalue weighted by Crippen LogP contribution is 2.26. The number of hydrogen-bond donors (Lipinski definition) is 2. The number of hydrogen-bond acceptors (Lipinski definition) is 4. The number of rotatable bonds is 3. The SMILES string of the molecule is Oc1ccccc1CNC1CCCC2OCCOC2C1. The van der Waals surface area contributed by atoms with Gasteiger partial charge in [0.15, 0.2) is 0 Å². The molecule has 20 heavy (non-hydrogen) atoms. The van der Waals surface area contributed by atoms with E-state index in [1.54, 1.807) is 6.07 Å². The third kappa shape index (κ3) is 3.32. The van der Waals surface area contributed by atoms with Gasteiger partial charge in [-0.1, -0.05) is 18.2 Å². The molecule has 4 heteroatoms. The van der Waals surface area contributed by atoms with Gasteiger partial charge in [0, 0.05) is 18.2 Å². The number of phenols is 1. The van der Waals surface area contributed by atoms with E-state index in [4.69, 9.17) is 9.47 Å². The summed E-state index contributed by atoms with van der Waals surface area (Å²) in [6, 6.07) is 7.94. The van der Waals surface area contributed by atoms with Crippen molar-refractivity contribution in [1.82, 2.24) is 5.32 Å². The highest BCUT2D eigenvalue weighted by atomic mass is 16.6. The van der Waals surface area contributed by atoms with Gasteiger partial charge in [-0.15, -0.1) is 0 Å². The van der Waals surface area contributed by atoms with Crippen LogP contribution in [0.1, 0.15) is 31.2 Å². The van der Waals surface area contributed by atoms with Crippen molar-refractivity contribution in [2.24, 2.45) is 0 Å². The molecule has 1 aliphatic carbocycles. The lowest BCUT2D eigenvalue weighted by Crippen LogP contribution is -2.41. The molecule has 1 heterocycles. The Balaban J connectivity index is 1.56. The Morgan fingerprint density at radius 3 is 2.75 bits per heavy atom. The fraction of sp³-hybridized carbons (Fsp3) is 0.625. The first-order chi connectivity index (χ1) is 9.83. The summed E-state index contributed by atoms with van der Waals surface area (Å²) in [6.45, 7) is 2.15. The van der Waals surface area contributed by atoms with E-state index in [9.17, 15) is 5.11 Å². The quantitative estimate of drug-likeness (QED) is 0.889. The van der Waals surface area contributed by atoms with Crippen LogP contribution in [0.2, 0.25) is 0 Å². The number of benzene rings is 1. The Hall–Kier alpha value is -1.10. The lowest BCUT2D eigenvalue weighted by Gasteiger charge is -2.31. The number of ether oxygens (including phenoxy) is 2. The van der Waals surface area contributed by atoms with Gasteiger partial charge in [0.25, 0.3) is 0 Å². The Bertz CT molecular complexity index is 437. The molecule has 3 unspecified atom stereocenters. The summed E-state index contributed by atoms with van der Waals surface area (Å²) in [7, 11) is 0. The van der Waals surface area contributed by atoms with Crippen molar-refractivity contribution in [2.75, 3.05) is 13.2 Å². The first-order valence-corrected chi connectivity index (χ1v) is 7.56. The van der Waals surface area contributed by atoms with Crippen molar-refractivity contribution < 1.29 is 14.6 Å². The van der Waals surface area contributed by atoms with Crippen LogP contribution in [0.4, 0.5) is 0 Å². The van der Waals surface area contributed by atoms with Gasteiger partial charge in [-0.05, 0) is 31.7 Å².